The summed E-state index contributed by atoms with van der Waals surface area (Å²) in [5, 5.41) is 21.8. The Morgan fingerprint density at radius 3 is 2.48 bits per heavy atom. The van der Waals surface area contributed by atoms with Crippen LogP contribution < -0.4 is 5.32 Å². The van der Waals surface area contributed by atoms with E-state index in [0.717, 1.165) is 19.3 Å². The van der Waals surface area contributed by atoms with E-state index in [1.54, 1.807) is 36.0 Å². The summed E-state index contributed by atoms with van der Waals surface area (Å²) in [6.07, 6.45) is 6.18. The number of carbonyl (C=O) groups excluding carboxylic acids is 2. The predicted octanol–water partition coefficient (Wildman–Crippen LogP) is 3.14. The first-order valence-corrected chi connectivity index (χ1v) is 9.52. The molecule has 2 aromatic rings. The van der Waals surface area contributed by atoms with Gasteiger partial charge in [0.1, 0.15) is 28.5 Å². The van der Waals surface area contributed by atoms with Crippen molar-refractivity contribution in [1.29, 1.82) is 10.5 Å². The number of carbonyl (C=O) groups is 2. The number of aromatic nitrogens is 1. The van der Waals surface area contributed by atoms with Crippen LogP contribution in [0.3, 0.4) is 0 Å². The zero-order valence-corrected chi connectivity index (χ0v) is 16.4. The van der Waals surface area contributed by atoms with Crippen LogP contribution in [0.2, 0.25) is 0 Å². The Hall–Kier alpha value is -3.52. The van der Waals surface area contributed by atoms with Gasteiger partial charge in [-0.05, 0) is 38.8 Å². The molecule has 8 nitrogen and oxygen atoms in total. The van der Waals surface area contributed by atoms with Gasteiger partial charge in [-0.15, -0.1) is 0 Å². The molecule has 1 aliphatic rings. The van der Waals surface area contributed by atoms with E-state index in [2.05, 4.69) is 11.4 Å². The second-order valence-electron chi connectivity index (χ2n) is 7.21. The topological polar surface area (TPSA) is 121 Å². The van der Waals surface area contributed by atoms with E-state index in [4.69, 9.17) is 9.15 Å². The van der Waals surface area contributed by atoms with Gasteiger partial charge >= 0.3 is 5.97 Å². The molecule has 1 saturated carbocycles. The number of nitriles is 2. The van der Waals surface area contributed by atoms with Crippen LogP contribution in [0, 0.1) is 29.6 Å². The lowest BCUT2D eigenvalue weighted by atomic mass is 9.83. The molecule has 1 N–H and O–H groups in total. The van der Waals surface area contributed by atoms with Crippen molar-refractivity contribution >= 4 is 11.9 Å². The summed E-state index contributed by atoms with van der Waals surface area (Å²) < 4.78 is 12.5. The minimum Gasteiger partial charge on any atom is -0.449 e. The molecule has 1 fully saturated rings. The Morgan fingerprint density at radius 2 is 1.90 bits per heavy atom. The highest BCUT2D eigenvalue weighted by Gasteiger charge is 2.36. The summed E-state index contributed by atoms with van der Waals surface area (Å²) in [4.78, 5) is 25.2. The molecule has 150 valence electrons. The number of nitrogens with one attached hydrogen (secondary N) is 1. The minimum absolute atomic E-state index is 0.0106. The first-order valence-electron chi connectivity index (χ1n) is 9.52. The van der Waals surface area contributed by atoms with E-state index in [-0.39, 0.29) is 22.8 Å². The number of aryl methyl sites for hydroxylation is 1. The SMILES string of the molecule is Cc1oc(-n2cccc2)c(C#N)c1C(=O)O[C@@H](C)C(=O)NC1(C#N)CCCCC1. The van der Waals surface area contributed by atoms with E-state index >= 15 is 0 Å². The molecule has 8 heteroatoms. The molecule has 1 atom stereocenters. The fourth-order valence-electron chi connectivity index (χ4n) is 3.56. The van der Waals surface area contributed by atoms with Gasteiger partial charge in [0.15, 0.2) is 6.10 Å². The van der Waals surface area contributed by atoms with Gasteiger partial charge in [0.25, 0.3) is 5.91 Å². The van der Waals surface area contributed by atoms with Gasteiger partial charge in [-0.25, -0.2) is 4.79 Å². The normalized spacial score (nSPS) is 16.3. The first kappa shape index (κ1) is 20.2. The Bertz CT molecular complexity index is 985. The molecule has 0 saturated heterocycles. The summed E-state index contributed by atoms with van der Waals surface area (Å²) in [6.45, 7) is 3.00. The van der Waals surface area contributed by atoms with Crippen LogP contribution in [0.4, 0.5) is 0 Å². The smallest absolute Gasteiger partial charge is 0.343 e. The van der Waals surface area contributed by atoms with Crippen LogP contribution >= 0.6 is 0 Å². The van der Waals surface area contributed by atoms with Crippen LogP contribution in [0.15, 0.2) is 28.9 Å². The van der Waals surface area contributed by atoms with Gasteiger partial charge < -0.3 is 14.5 Å². The molecule has 29 heavy (non-hydrogen) atoms. The van der Waals surface area contributed by atoms with Crippen LogP contribution in [-0.2, 0) is 9.53 Å². The molecule has 2 heterocycles. The number of hydrogen-bond donors (Lipinski definition) is 1. The van der Waals surface area contributed by atoms with Crippen LogP contribution in [-0.4, -0.2) is 28.1 Å². The van der Waals surface area contributed by atoms with Gasteiger partial charge in [-0.3, -0.25) is 9.36 Å². The van der Waals surface area contributed by atoms with Crippen molar-refractivity contribution in [2.75, 3.05) is 0 Å². The molecule has 0 spiro atoms. The monoisotopic (exact) mass is 394 g/mol. The van der Waals surface area contributed by atoms with E-state index in [9.17, 15) is 20.1 Å². The lowest BCUT2D eigenvalue weighted by Gasteiger charge is -2.32. The molecule has 0 unspecified atom stereocenters. The van der Waals surface area contributed by atoms with Crippen molar-refractivity contribution in [3.63, 3.8) is 0 Å². The number of furan rings is 1. The third-order valence-electron chi connectivity index (χ3n) is 5.16. The van der Waals surface area contributed by atoms with Crippen molar-refractivity contribution in [3.8, 4) is 18.0 Å². The zero-order valence-electron chi connectivity index (χ0n) is 16.4. The van der Waals surface area contributed by atoms with Gasteiger partial charge in [-0.1, -0.05) is 19.3 Å². The number of esters is 1. The van der Waals surface area contributed by atoms with Gasteiger partial charge in [-0.2, -0.15) is 10.5 Å². The summed E-state index contributed by atoms with van der Waals surface area (Å²) in [5.74, 6) is -0.918. The third kappa shape index (κ3) is 4.02. The molecule has 3 rings (SSSR count). The second kappa shape index (κ2) is 8.24. The molecule has 0 radical (unpaired) electrons. The highest BCUT2D eigenvalue weighted by molar-refractivity contribution is 5.96. The van der Waals surface area contributed by atoms with Crippen LogP contribution in [0.1, 0.15) is 60.7 Å². The zero-order chi connectivity index (χ0) is 21.0. The van der Waals surface area contributed by atoms with Crippen molar-refractivity contribution < 1.29 is 18.7 Å². The Labute approximate surface area is 168 Å². The maximum absolute atomic E-state index is 12.7. The third-order valence-corrected chi connectivity index (χ3v) is 5.16. The highest BCUT2D eigenvalue weighted by Crippen LogP contribution is 2.28. The highest BCUT2D eigenvalue weighted by atomic mass is 16.5. The minimum atomic E-state index is -1.12. The average molecular weight is 394 g/mol. The van der Waals surface area contributed by atoms with Crippen molar-refractivity contribution in [3.05, 3.63) is 41.4 Å². The van der Waals surface area contributed by atoms with E-state index < -0.39 is 23.5 Å². The fourth-order valence-corrected chi connectivity index (χ4v) is 3.56. The first-order chi connectivity index (χ1) is 13.9. The van der Waals surface area contributed by atoms with Gasteiger partial charge in [0.2, 0.25) is 5.88 Å². The molecule has 0 bridgehead atoms. The molecule has 0 aliphatic heterocycles. The summed E-state index contributed by atoms with van der Waals surface area (Å²) >= 11 is 0. The van der Waals surface area contributed by atoms with Crippen molar-refractivity contribution in [1.82, 2.24) is 9.88 Å². The van der Waals surface area contributed by atoms with Crippen LogP contribution in [0.5, 0.6) is 0 Å². The van der Waals surface area contributed by atoms with Crippen molar-refractivity contribution in [2.24, 2.45) is 0 Å². The van der Waals surface area contributed by atoms with Gasteiger partial charge in [0.05, 0.1) is 6.07 Å². The molecule has 1 amide bonds. The summed E-state index contributed by atoms with van der Waals surface area (Å²) in [5.41, 5.74) is -0.887. The Balaban J connectivity index is 1.76. The lowest BCUT2D eigenvalue weighted by molar-refractivity contribution is -0.130. The van der Waals surface area contributed by atoms with Gasteiger partial charge in [0, 0.05) is 12.4 Å². The largest absolute Gasteiger partial charge is 0.449 e. The van der Waals surface area contributed by atoms with Crippen LogP contribution in [0.25, 0.3) is 5.88 Å². The maximum Gasteiger partial charge on any atom is 0.343 e. The number of rotatable bonds is 5. The van der Waals surface area contributed by atoms with E-state index in [1.807, 2.05) is 6.07 Å². The number of hydrogen-bond acceptors (Lipinski definition) is 6. The lowest BCUT2D eigenvalue weighted by Crippen LogP contribution is -2.52. The molecule has 1 aliphatic carbocycles. The average Bonchev–Trinajstić information content (AvgIpc) is 3.35. The number of amides is 1. The predicted molar refractivity (Wildman–Crippen MR) is 102 cm³/mol. The number of ether oxygens (including phenoxy) is 1. The molecule has 0 aromatic carbocycles. The standard InChI is InChI=1S/C21H22N4O4/c1-14-17(16(12-22)19(28-14)25-10-6-7-11-25)20(27)29-15(2)18(26)24-21(13-23)8-4-3-5-9-21/h6-7,10-11,15H,3-5,8-9H2,1-2H3,(H,24,26)/t15-/m0/s1. The molecular formula is C21H22N4O4. The Kier molecular flexibility index (Phi) is 5.74. The summed E-state index contributed by atoms with van der Waals surface area (Å²) in [7, 11) is 0. The molecular weight excluding hydrogens is 372 g/mol. The molecule has 2 aromatic heterocycles. The maximum atomic E-state index is 12.7. The quantitative estimate of drug-likeness (QED) is 0.778. The summed E-state index contributed by atoms with van der Waals surface area (Å²) in [6, 6.07) is 7.71. The van der Waals surface area contributed by atoms with E-state index in [1.165, 1.54) is 6.92 Å². The fraction of sp³-hybridized carbons (Fsp3) is 0.429. The van der Waals surface area contributed by atoms with E-state index in [0.29, 0.717) is 12.8 Å². The second-order valence-corrected chi connectivity index (χ2v) is 7.21. The van der Waals surface area contributed by atoms with Crippen molar-refractivity contribution in [2.45, 2.75) is 57.6 Å². The Morgan fingerprint density at radius 1 is 1.24 bits per heavy atom. The number of nitrogens with zero attached hydrogens (tertiary/aromatic N) is 3.